The molecule has 1 heterocycles. The fourth-order valence-electron chi connectivity index (χ4n) is 1.78. The molecule has 22 heavy (non-hydrogen) atoms. The summed E-state index contributed by atoms with van der Waals surface area (Å²) in [7, 11) is 0. The second-order valence-corrected chi connectivity index (χ2v) is 4.34. The number of nitrogens with zero attached hydrogens (tertiary/aromatic N) is 4. The van der Waals surface area contributed by atoms with E-state index in [-0.39, 0.29) is 31.0 Å². The van der Waals surface area contributed by atoms with E-state index in [1.807, 2.05) is 42.5 Å². The lowest BCUT2D eigenvalue weighted by molar-refractivity contribution is 0.155. The third-order valence-electron chi connectivity index (χ3n) is 2.83. The van der Waals surface area contributed by atoms with Crippen LogP contribution in [0.15, 0.2) is 36.5 Å². The molecule has 1 aromatic carbocycles. The van der Waals surface area contributed by atoms with E-state index in [9.17, 15) is 4.79 Å². The number of hydrogen-bond donors (Lipinski definition) is 1. The highest BCUT2D eigenvalue weighted by Gasteiger charge is 2.14. The predicted octanol–water partition coefficient (Wildman–Crippen LogP) is 2.42. The Kier molecular flexibility index (Phi) is 5.11. The van der Waals surface area contributed by atoms with E-state index in [1.165, 1.54) is 10.9 Å². The molecule has 0 aliphatic rings. The van der Waals surface area contributed by atoms with Crippen molar-refractivity contribution in [2.24, 2.45) is 0 Å². The molecule has 1 N–H and O–H groups in total. The van der Waals surface area contributed by atoms with Crippen LogP contribution >= 0.6 is 0 Å². The van der Waals surface area contributed by atoms with Gasteiger partial charge in [0.25, 0.3) is 0 Å². The third-order valence-corrected chi connectivity index (χ3v) is 2.83. The van der Waals surface area contributed by atoms with Gasteiger partial charge in [0, 0.05) is 0 Å². The van der Waals surface area contributed by atoms with Gasteiger partial charge in [-0.15, -0.1) is 0 Å². The molecule has 0 unspecified atom stereocenters. The van der Waals surface area contributed by atoms with Crippen molar-refractivity contribution in [1.29, 1.82) is 10.5 Å². The maximum absolute atomic E-state index is 11.8. The Balaban J connectivity index is 2.00. The molecule has 0 aliphatic heterocycles. The Hall–Kier alpha value is -3.32. The lowest BCUT2D eigenvalue weighted by atomic mass is 10.2. The molecule has 0 radical (unpaired) electrons. The first-order valence-electron chi connectivity index (χ1n) is 6.55. The van der Waals surface area contributed by atoms with Gasteiger partial charge in [0.05, 0.1) is 25.2 Å². The van der Waals surface area contributed by atoms with Crippen molar-refractivity contribution in [3.8, 4) is 12.1 Å². The van der Waals surface area contributed by atoms with Crippen molar-refractivity contribution in [2.75, 3.05) is 5.32 Å². The van der Waals surface area contributed by atoms with Crippen LogP contribution in [0.1, 0.15) is 17.5 Å². The maximum atomic E-state index is 11.8. The third kappa shape index (κ3) is 3.84. The van der Waals surface area contributed by atoms with Crippen LogP contribution in [0.25, 0.3) is 0 Å². The van der Waals surface area contributed by atoms with E-state index in [0.717, 1.165) is 5.56 Å². The van der Waals surface area contributed by atoms with Crippen molar-refractivity contribution < 1.29 is 9.53 Å². The Morgan fingerprint density at radius 3 is 2.77 bits per heavy atom. The van der Waals surface area contributed by atoms with E-state index in [2.05, 4.69) is 10.4 Å². The first-order chi connectivity index (χ1) is 10.7. The summed E-state index contributed by atoms with van der Waals surface area (Å²) in [4.78, 5) is 11.8. The average molecular weight is 295 g/mol. The van der Waals surface area contributed by atoms with Crippen LogP contribution < -0.4 is 5.32 Å². The number of aromatic nitrogens is 2. The van der Waals surface area contributed by atoms with Gasteiger partial charge in [-0.25, -0.2) is 9.48 Å². The van der Waals surface area contributed by atoms with Gasteiger partial charge >= 0.3 is 6.09 Å². The fraction of sp³-hybridized carbons (Fsp3) is 0.200. The summed E-state index contributed by atoms with van der Waals surface area (Å²) >= 11 is 0. The first-order valence-corrected chi connectivity index (χ1v) is 6.55. The van der Waals surface area contributed by atoms with Crippen LogP contribution in [0.3, 0.4) is 0 Å². The number of ether oxygens (including phenoxy) is 1. The maximum Gasteiger partial charge on any atom is 0.413 e. The van der Waals surface area contributed by atoms with Crippen LogP contribution in [-0.2, 0) is 17.9 Å². The minimum absolute atomic E-state index is 0.126. The quantitative estimate of drug-likeness (QED) is 0.912. The number of hydrogen-bond acceptors (Lipinski definition) is 5. The molecule has 0 atom stereocenters. The van der Waals surface area contributed by atoms with Gasteiger partial charge in [-0.1, -0.05) is 30.3 Å². The zero-order valence-corrected chi connectivity index (χ0v) is 11.7. The standard InChI is InChI=1S/C15H13N5O2/c16-7-4-8-20-14(13(9-17)10-18-20)19-15(21)22-11-12-5-2-1-3-6-12/h1-3,5-6,10H,4,8,11H2,(H,19,21). The van der Waals surface area contributed by atoms with Crippen molar-refractivity contribution in [3.05, 3.63) is 47.7 Å². The van der Waals surface area contributed by atoms with Crippen LogP contribution in [0.2, 0.25) is 0 Å². The van der Waals surface area contributed by atoms with E-state index >= 15 is 0 Å². The zero-order chi connectivity index (χ0) is 15.8. The number of anilines is 1. The zero-order valence-electron chi connectivity index (χ0n) is 11.7. The molecule has 1 amide bonds. The second kappa shape index (κ2) is 7.46. The van der Waals surface area contributed by atoms with Gasteiger partial charge in [0.1, 0.15) is 18.2 Å². The molecule has 110 valence electrons. The van der Waals surface area contributed by atoms with Crippen LogP contribution in [0.4, 0.5) is 10.6 Å². The number of carbonyl (C=O) groups excluding carboxylic acids is 1. The van der Waals surface area contributed by atoms with Gasteiger partial charge in [-0.05, 0) is 5.56 Å². The molecule has 0 spiro atoms. The number of benzene rings is 1. The molecule has 0 bridgehead atoms. The number of nitriles is 2. The number of rotatable bonds is 5. The van der Waals surface area contributed by atoms with E-state index in [1.54, 1.807) is 0 Å². The molecule has 0 saturated carbocycles. The Labute approximate surface area is 127 Å². The lowest BCUT2D eigenvalue weighted by Crippen LogP contribution is -2.17. The smallest absolute Gasteiger partial charge is 0.413 e. The topological polar surface area (TPSA) is 104 Å². The SMILES string of the molecule is N#CCCn1ncc(C#N)c1NC(=O)OCc1ccccc1. The normalized spacial score (nSPS) is 9.55. The minimum atomic E-state index is -0.681. The van der Waals surface area contributed by atoms with Gasteiger partial charge < -0.3 is 4.74 Å². The van der Waals surface area contributed by atoms with E-state index in [0.29, 0.717) is 0 Å². The molecule has 2 aromatic rings. The second-order valence-electron chi connectivity index (χ2n) is 4.34. The van der Waals surface area contributed by atoms with Gasteiger partial charge in [0.15, 0.2) is 5.82 Å². The highest BCUT2D eigenvalue weighted by Crippen LogP contribution is 2.15. The summed E-state index contributed by atoms with van der Waals surface area (Å²) in [6.45, 7) is 0.410. The summed E-state index contributed by atoms with van der Waals surface area (Å²) in [5.74, 6) is 0.232. The summed E-state index contributed by atoms with van der Waals surface area (Å²) in [5, 5.41) is 24.1. The summed E-state index contributed by atoms with van der Waals surface area (Å²) < 4.78 is 6.49. The summed E-state index contributed by atoms with van der Waals surface area (Å²) in [6.07, 6.45) is 0.879. The number of amides is 1. The van der Waals surface area contributed by atoms with Gasteiger partial charge in [0.2, 0.25) is 0 Å². The molecule has 7 heteroatoms. The largest absolute Gasteiger partial charge is 0.444 e. The lowest BCUT2D eigenvalue weighted by Gasteiger charge is -2.09. The van der Waals surface area contributed by atoms with Gasteiger partial charge in [-0.2, -0.15) is 15.6 Å². The Morgan fingerprint density at radius 1 is 1.32 bits per heavy atom. The average Bonchev–Trinajstić information content (AvgIpc) is 2.93. The highest BCUT2D eigenvalue weighted by atomic mass is 16.5. The molecule has 7 nitrogen and oxygen atoms in total. The van der Waals surface area contributed by atoms with E-state index < -0.39 is 6.09 Å². The molecule has 2 rings (SSSR count). The molecular weight excluding hydrogens is 282 g/mol. The van der Waals surface area contributed by atoms with Crippen molar-refractivity contribution in [1.82, 2.24) is 9.78 Å². The number of aryl methyl sites for hydroxylation is 1. The van der Waals surface area contributed by atoms with Crippen molar-refractivity contribution in [3.63, 3.8) is 0 Å². The molecule has 0 fully saturated rings. The first kappa shape index (κ1) is 15.1. The summed E-state index contributed by atoms with van der Waals surface area (Å²) in [6, 6.07) is 13.2. The van der Waals surface area contributed by atoms with Crippen molar-refractivity contribution in [2.45, 2.75) is 19.6 Å². The Morgan fingerprint density at radius 2 is 2.09 bits per heavy atom. The van der Waals surface area contributed by atoms with Crippen LogP contribution in [0, 0.1) is 22.7 Å². The summed E-state index contributed by atoms with van der Waals surface area (Å²) in [5.41, 5.74) is 1.07. The highest BCUT2D eigenvalue weighted by molar-refractivity contribution is 5.85. The Bertz CT molecular complexity index is 725. The number of nitrogens with one attached hydrogen (secondary N) is 1. The van der Waals surface area contributed by atoms with Gasteiger partial charge in [-0.3, -0.25) is 5.32 Å². The number of carbonyl (C=O) groups is 1. The molecule has 0 saturated heterocycles. The van der Waals surface area contributed by atoms with Crippen LogP contribution in [0.5, 0.6) is 0 Å². The molecule has 0 aliphatic carbocycles. The minimum Gasteiger partial charge on any atom is -0.444 e. The van der Waals surface area contributed by atoms with E-state index in [4.69, 9.17) is 15.3 Å². The van der Waals surface area contributed by atoms with Crippen LogP contribution in [-0.4, -0.2) is 15.9 Å². The monoisotopic (exact) mass is 295 g/mol. The fourth-order valence-corrected chi connectivity index (χ4v) is 1.78. The molecule has 1 aromatic heterocycles. The predicted molar refractivity (Wildman–Crippen MR) is 77.4 cm³/mol. The molecular formula is C15H13N5O2. The van der Waals surface area contributed by atoms with Crippen molar-refractivity contribution >= 4 is 11.9 Å².